The normalized spacial score (nSPS) is 13.3. The second-order valence-electron chi connectivity index (χ2n) is 4.07. The number of aromatic nitrogens is 1. The lowest BCUT2D eigenvalue weighted by molar-refractivity contribution is -0.139. The average molecular weight is 350 g/mol. The van der Waals surface area contributed by atoms with Gasteiger partial charge in [0.2, 0.25) is 0 Å². The van der Waals surface area contributed by atoms with Gasteiger partial charge in [-0.3, -0.25) is 4.98 Å². The van der Waals surface area contributed by atoms with E-state index in [0.717, 1.165) is 30.6 Å². The van der Waals surface area contributed by atoms with Crippen LogP contribution in [0.2, 0.25) is 0 Å². The molecule has 106 valence electrons. The number of pyridine rings is 1. The zero-order valence-electron chi connectivity index (χ0n) is 9.83. The molecule has 0 spiro atoms. The van der Waals surface area contributed by atoms with Gasteiger partial charge < -0.3 is 5.11 Å². The summed E-state index contributed by atoms with van der Waals surface area (Å²) in [7, 11) is 0. The monoisotopic (exact) mass is 349 g/mol. The van der Waals surface area contributed by atoms with Crippen LogP contribution in [-0.2, 0) is 6.18 Å². The van der Waals surface area contributed by atoms with E-state index in [4.69, 9.17) is 0 Å². The molecule has 0 fully saturated rings. The van der Waals surface area contributed by atoms with Crippen molar-refractivity contribution >= 4 is 15.9 Å². The molecule has 1 heterocycles. The fourth-order valence-corrected chi connectivity index (χ4v) is 2.13. The second-order valence-corrected chi connectivity index (χ2v) is 4.98. The number of benzene rings is 1. The van der Waals surface area contributed by atoms with E-state index in [-0.39, 0.29) is 15.6 Å². The van der Waals surface area contributed by atoms with E-state index >= 15 is 0 Å². The van der Waals surface area contributed by atoms with E-state index < -0.39 is 23.7 Å². The molecule has 1 unspecified atom stereocenters. The molecule has 2 nitrogen and oxygen atoms in total. The molecule has 1 atom stereocenters. The van der Waals surface area contributed by atoms with Gasteiger partial charge in [-0.25, -0.2) is 4.39 Å². The maximum Gasteiger partial charge on any atom is 0.416 e. The van der Waals surface area contributed by atoms with Crippen molar-refractivity contribution in [2.75, 3.05) is 0 Å². The molecular weight excluding hydrogens is 342 g/mol. The summed E-state index contributed by atoms with van der Waals surface area (Å²) in [5.41, 5.74) is -1.38. The quantitative estimate of drug-likeness (QED) is 0.828. The van der Waals surface area contributed by atoms with Gasteiger partial charge in [0.15, 0.2) is 0 Å². The van der Waals surface area contributed by atoms with Crippen molar-refractivity contribution in [3.8, 4) is 0 Å². The standard InChI is InChI=1S/C13H8BrF4NO/c14-8-1-2-10(11(4-8)13(16,17)18)12(20)7-3-9(15)6-19-5-7/h1-6,12,20H. The summed E-state index contributed by atoms with van der Waals surface area (Å²) in [6.07, 6.45) is -4.21. The van der Waals surface area contributed by atoms with Gasteiger partial charge in [-0.15, -0.1) is 0 Å². The third-order valence-corrected chi connectivity index (χ3v) is 3.15. The third kappa shape index (κ3) is 3.16. The number of hydrogen-bond acceptors (Lipinski definition) is 2. The number of alkyl halides is 3. The Morgan fingerprint density at radius 3 is 2.45 bits per heavy atom. The van der Waals surface area contributed by atoms with Crippen LogP contribution in [-0.4, -0.2) is 10.1 Å². The SMILES string of the molecule is OC(c1cncc(F)c1)c1ccc(Br)cc1C(F)(F)F. The average Bonchev–Trinajstić information content (AvgIpc) is 2.37. The van der Waals surface area contributed by atoms with Crippen molar-refractivity contribution in [3.05, 3.63) is 63.6 Å². The minimum Gasteiger partial charge on any atom is -0.384 e. The number of aliphatic hydroxyl groups excluding tert-OH is 1. The first-order valence-electron chi connectivity index (χ1n) is 5.44. The summed E-state index contributed by atoms with van der Waals surface area (Å²) in [4.78, 5) is 3.51. The Bertz CT molecular complexity index is 630. The van der Waals surface area contributed by atoms with Gasteiger partial charge in [0.05, 0.1) is 11.8 Å². The van der Waals surface area contributed by atoms with Crippen LogP contribution in [0.25, 0.3) is 0 Å². The van der Waals surface area contributed by atoms with Crippen LogP contribution in [0, 0.1) is 5.82 Å². The molecule has 7 heteroatoms. The summed E-state index contributed by atoms with van der Waals surface area (Å²) in [5.74, 6) is -0.729. The molecule has 20 heavy (non-hydrogen) atoms. The minimum absolute atomic E-state index is 0.0437. The predicted molar refractivity (Wildman–Crippen MR) is 67.4 cm³/mol. The van der Waals surface area contributed by atoms with Gasteiger partial charge in [0.25, 0.3) is 0 Å². The molecule has 0 aliphatic carbocycles. The number of rotatable bonds is 2. The first kappa shape index (κ1) is 14.9. The van der Waals surface area contributed by atoms with E-state index in [2.05, 4.69) is 20.9 Å². The molecule has 0 bridgehead atoms. The summed E-state index contributed by atoms with van der Waals surface area (Å²) in [6, 6.07) is 4.33. The highest BCUT2D eigenvalue weighted by atomic mass is 79.9. The highest BCUT2D eigenvalue weighted by Crippen LogP contribution is 2.38. The Morgan fingerprint density at radius 2 is 1.85 bits per heavy atom. The first-order valence-corrected chi connectivity index (χ1v) is 6.23. The van der Waals surface area contributed by atoms with Gasteiger partial charge in [-0.2, -0.15) is 13.2 Å². The van der Waals surface area contributed by atoms with E-state index in [1.54, 1.807) is 0 Å². The Balaban J connectivity index is 2.52. The number of halogens is 5. The lowest BCUT2D eigenvalue weighted by Crippen LogP contribution is -2.13. The third-order valence-electron chi connectivity index (χ3n) is 2.66. The molecule has 1 aromatic carbocycles. The van der Waals surface area contributed by atoms with E-state index in [9.17, 15) is 22.7 Å². The van der Waals surface area contributed by atoms with E-state index in [1.165, 1.54) is 6.07 Å². The molecule has 0 aliphatic heterocycles. The lowest BCUT2D eigenvalue weighted by Gasteiger charge is -2.18. The van der Waals surface area contributed by atoms with Crippen molar-refractivity contribution in [1.29, 1.82) is 0 Å². The summed E-state index contributed by atoms with van der Waals surface area (Å²) < 4.78 is 52.2. The molecule has 2 rings (SSSR count). The fraction of sp³-hybridized carbons (Fsp3) is 0.154. The zero-order valence-corrected chi connectivity index (χ0v) is 11.4. The molecule has 1 aromatic heterocycles. The molecule has 0 saturated carbocycles. The van der Waals surface area contributed by atoms with Crippen LogP contribution in [0.4, 0.5) is 17.6 Å². The number of nitrogens with zero attached hydrogens (tertiary/aromatic N) is 1. The number of aliphatic hydroxyl groups is 1. The smallest absolute Gasteiger partial charge is 0.384 e. The summed E-state index contributed by atoms with van der Waals surface area (Å²) in [5, 5.41) is 10.0. The van der Waals surface area contributed by atoms with Gasteiger partial charge in [0, 0.05) is 16.2 Å². The van der Waals surface area contributed by atoms with Crippen molar-refractivity contribution < 1.29 is 22.7 Å². The molecule has 1 N–H and O–H groups in total. The Kier molecular flexibility index (Phi) is 4.10. The maximum absolute atomic E-state index is 13.0. The zero-order chi connectivity index (χ0) is 14.9. The highest BCUT2D eigenvalue weighted by molar-refractivity contribution is 9.10. The van der Waals surface area contributed by atoms with Crippen LogP contribution < -0.4 is 0 Å². The summed E-state index contributed by atoms with van der Waals surface area (Å²) >= 11 is 2.95. The molecule has 0 amide bonds. The molecular formula is C13H8BrF4NO. The first-order chi connectivity index (χ1) is 9.29. The molecule has 2 aromatic rings. The summed E-state index contributed by atoms with van der Waals surface area (Å²) in [6.45, 7) is 0. The number of hydrogen-bond donors (Lipinski definition) is 1. The van der Waals surface area contributed by atoms with Crippen molar-refractivity contribution in [2.45, 2.75) is 12.3 Å². The molecule has 0 saturated heterocycles. The second kappa shape index (κ2) is 5.49. The van der Waals surface area contributed by atoms with E-state index in [1.807, 2.05) is 0 Å². The van der Waals surface area contributed by atoms with Crippen LogP contribution >= 0.6 is 15.9 Å². The van der Waals surface area contributed by atoms with Crippen LogP contribution in [0.15, 0.2) is 41.1 Å². The molecule has 0 aliphatic rings. The fourth-order valence-electron chi connectivity index (χ4n) is 1.77. The maximum atomic E-state index is 13.0. The lowest BCUT2D eigenvalue weighted by atomic mass is 9.97. The van der Waals surface area contributed by atoms with Crippen molar-refractivity contribution in [3.63, 3.8) is 0 Å². The predicted octanol–water partition coefficient (Wildman–Crippen LogP) is 4.08. The van der Waals surface area contributed by atoms with Crippen LogP contribution in [0.3, 0.4) is 0 Å². The van der Waals surface area contributed by atoms with Gasteiger partial charge in [-0.05, 0) is 23.8 Å². The topological polar surface area (TPSA) is 33.1 Å². The Labute approximate surface area is 120 Å². The van der Waals surface area contributed by atoms with E-state index in [0.29, 0.717) is 0 Å². The Morgan fingerprint density at radius 1 is 1.15 bits per heavy atom. The Hall–Kier alpha value is -1.47. The van der Waals surface area contributed by atoms with Gasteiger partial charge in [0.1, 0.15) is 11.9 Å². The molecule has 0 radical (unpaired) electrons. The van der Waals surface area contributed by atoms with Crippen molar-refractivity contribution in [2.24, 2.45) is 0 Å². The van der Waals surface area contributed by atoms with Crippen LogP contribution in [0.5, 0.6) is 0 Å². The van der Waals surface area contributed by atoms with Crippen LogP contribution in [0.1, 0.15) is 22.8 Å². The highest BCUT2D eigenvalue weighted by Gasteiger charge is 2.35. The van der Waals surface area contributed by atoms with Gasteiger partial charge >= 0.3 is 6.18 Å². The largest absolute Gasteiger partial charge is 0.416 e. The van der Waals surface area contributed by atoms with Gasteiger partial charge in [-0.1, -0.05) is 22.0 Å². The minimum atomic E-state index is -4.62. The van der Waals surface area contributed by atoms with Crippen molar-refractivity contribution in [1.82, 2.24) is 4.98 Å².